The van der Waals surface area contributed by atoms with E-state index in [4.69, 9.17) is 9.15 Å². The first-order chi connectivity index (χ1) is 12.1. The van der Waals surface area contributed by atoms with E-state index in [0.717, 1.165) is 19.4 Å². The zero-order chi connectivity index (χ0) is 17.4. The number of benzene rings is 1. The van der Waals surface area contributed by atoms with Crippen LogP contribution in [0.2, 0.25) is 0 Å². The van der Waals surface area contributed by atoms with Crippen LogP contribution >= 0.6 is 0 Å². The lowest BCUT2D eigenvalue weighted by Crippen LogP contribution is -2.36. The number of ketones is 1. The molecule has 1 fully saturated rings. The summed E-state index contributed by atoms with van der Waals surface area (Å²) in [5.74, 6) is 1.25. The number of nitrogens with zero attached hydrogens (tertiary/aromatic N) is 1. The molecule has 0 radical (unpaired) electrons. The SMILES string of the molecule is C[C@@H]1CCCCN1Cc1c(O)ccc2c1O/C(=C/c1ccco1)C2=O. The molecule has 1 aromatic heterocycles. The minimum Gasteiger partial charge on any atom is -0.507 e. The van der Waals surface area contributed by atoms with Crippen molar-refractivity contribution in [3.63, 3.8) is 0 Å². The van der Waals surface area contributed by atoms with Crippen molar-refractivity contribution in [3.8, 4) is 11.5 Å². The average Bonchev–Trinajstić information content (AvgIpc) is 3.21. The quantitative estimate of drug-likeness (QED) is 0.857. The van der Waals surface area contributed by atoms with Crippen molar-refractivity contribution < 1.29 is 19.1 Å². The van der Waals surface area contributed by atoms with Gasteiger partial charge < -0.3 is 14.3 Å². The number of allylic oxidation sites excluding steroid dienone is 1. The molecule has 5 heteroatoms. The molecule has 0 unspecified atom stereocenters. The van der Waals surface area contributed by atoms with Gasteiger partial charge in [0.2, 0.25) is 5.78 Å². The number of rotatable bonds is 3. The number of fused-ring (bicyclic) bond motifs is 1. The van der Waals surface area contributed by atoms with Crippen LogP contribution in [0.1, 0.15) is 47.9 Å². The molecule has 1 N–H and O–H groups in total. The molecule has 1 saturated heterocycles. The third-order valence-corrected chi connectivity index (χ3v) is 5.03. The Bertz CT molecular complexity index is 822. The fourth-order valence-corrected chi connectivity index (χ4v) is 3.55. The summed E-state index contributed by atoms with van der Waals surface area (Å²) in [7, 11) is 0. The second kappa shape index (κ2) is 6.41. The van der Waals surface area contributed by atoms with Crippen molar-refractivity contribution in [1.29, 1.82) is 0 Å². The first-order valence-corrected chi connectivity index (χ1v) is 8.70. The fourth-order valence-electron chi connectivity index (χ4n) is 3.55. The van der Waals surface area contributed by atoms with E-state index in [1.807, 2.05) is 0 Å². The summed E-state index contributed by atoms with van der Waals surface area (Å²) in [6.45, 7) is 3.78. The summed E-state index contributed by atoms with van der Waals surface area (Å²) in [5, 5.41) is 10.4. The van der Waals surface area contributed by atoms with Crippen LogP contribution in [-0.2, 0) is 6.54 Å². The van der Waals surface area contributed by atoms with Crippen LogP contribution in [0.15, 0.2) is 40.7 Å². The Morgan fingerprint density at radius 2 is 2.20 bits per heavy atom. The van der Waals surface area contributed by atoms with Crippen LogP contribution in [-0.4, -0.2) is 28.4 Å². The Kier molecular flexibility index (Phi) is 4.09. The number of hydrogen-bond acceptors (Lipinski definition) is 5. The number of furan rings is 1. The average molecular weight is 339 g/mol. The number of Topliss-reactive ketones (excluding diaryl/α,β-unsaturated/α-hetero) is 1. The summed E-state index contributed by atoms with van der Waals surface area (Å²) >= 11 is 0. The number of carbonyl (C=O) groups excluding carboxylic acids is 1. The Hall–Kier alpha value is -2.53. The molecule has 3 heterocycles. The molecule has 0 saturated carbocycles. The van der Waals surface area contributed by atoms with Gasteiger partial charge in [-0.05, 0) is 50.6 Å². The van der Waals surface area contributed by atoms with E-state index < -0.39 is 0 Å². The molecule has 2 aromatic rings. The largest absolute Gasteiger partial charge is 0.507 e. The van der Waals surface area contributed by atoms with Crippen molar-refractivity contribution >= 4 is 11.9 Å². The Labute approximate surface area is 146 Å². The molecular formula is C20H21NO4. The number of phenolic OH excluding ortho intramolecular Hbond substituents is 1. The molecule has 25 heavy (non-hydrogen) atoms. The van der Waals surface area contributed by atoms with E-state index in [0.29, 0.717) is 35.2 Å². The fraction of sp³-hybridized carbons (Fsp3) is 0.350. The van der Waals surface area contributed by atoms with Gasteiger partial charge in [-0.3, -0.25) is 9.69 Å². The lowest BCUT2D eigenvalue weighted by molar-refractivity contribution is 0.101. The predicted molar refractivity (Wildman–Crippen MR) is 93.5 cm³/mol. The number of carbonyl (C=O) groups is 1. The molecular weight excluding hydrogens is 318 g/mol. The van der Waals surface area contributed by atoms with Crippen LogP contribution in [0.5, 0.6) is 11.5 Å². The third kappa shape index (κ3) is 2.96. The molecule has 1 atom stereocenters. The zero-order valence-corrected chi connectivity index (χ0v) is 14.2. The number of hydrogen-bond donors (Lipinski definition) is 1. The van der Waals surface area contributed by atoms with Crippen molar-refractivity contribution in [2.75, 3.05) is 6.54 Å². The Morgan fingerprint density at radius 1 is 1.32 bits per heavy atom. The minimum atomic E-state index is -0.181. The highest BCUT2D eigenvalue weighted by atomic mass is 16.5. The number of likely N-dealkylation sites (tertiary alicyclic amines) is 1. The van der Waals surface area contributed by atoms with Crippen molar-refractivity contribution in [1.82, 2.24) is 4.90 Å². The van der Waals surface area contributed by atoms with Gasteiger partial charge >= 0.3 is 0 Å². The van der Waals surface area contributed by atoms with Crippen LogP contribution in [0, 0.1) is 0 Å². The number of piperidine rings is 1. The summed E-state index contributed by atoms with van der Waals surface area (Å²) in [4.78, 5) is 14.9. The molecule has 130 valence electrons. The van der Waals surface area contributed by atoms with Gasteiger partial charge in [0.25, 0.3) is 0 Å². The smallest absolute Gasteiger partial charge is 0.232 e. The number of phenols is 1. The molecule has 5 nitrogen and oxygen atoms in total. The molecule has 2 aliphatic heterocycles. The summed E-state index contributed by atoms with van der Waals surface area (Å²) in [6, 6.07) is 7.19. The van der Waals surface area contributed by atoms with Gasteiger partial charge in [0.1, 0.15) is 17.3 Å². The van der Waals surface area contributed by atoms with Crippen LogP contribution in [0.25, 0.3) is 6.08 Å². The van der Waals surface area contributed by atoms with Crippen molar-refractivity contribution in [2.24, 2.45) is 0 Å². The maximum absolute atomic E-state index is 12.6. The minimum absolute atomic E-state index is 0.170. The van der Waals surface area contributed by atoms with Gasteiger partial charge in [0.15, 0.2) is 5.76 Å². The first-order valence-electron chi connectivity index (χ1n) is 8.70. The van der Waals surface area contributed by atoms with E-state index >= 15 is 0 Å². The topological polar surface area (TPSA) is 62.9 Å². The zero-order valence-electron chi connectivity index (χ0n) is 14.2. The second-order valence-electron chi connectivity index (χ2n) is 6.71. The van der Waals surface area contributed by atoms with Crippen molar-refractivity contribution in [3.05, 3.63) is 53.2 Å². The van der Waals surface area contributed by atoms with Crippen LogP contribution in [0.4, 0.5) is 0 Å². The summed E-state index contributed by atoms with van der Waals surface area (Å²) < 4.78 is 11.1. The number of aromatic hydroxyl groups is 1. The lowest BCUT2D eigenvalue weighted by Gasteiger charge is -2.33. The highest BCUT2D eigenvalue weighted by Gasteiger charge is 2.32. The lowest BCUT2D eigenvalue weighted by atomic mass is 10.0. The monoisotopic (exact) mass is 339 g/mol. The molecule has 1 aromatic carbocycles. The van der Waals surface area contributed by atoms with Gasteiger partial charge in [0.05, 0.1) is 17.4 Å². The van der Waals surface area contributed by atoms with Gasteiger partial charge in [-0.25, -0.2) is 0 Å². The van der Waals surface area contributed by atoms with Crippen LogP contribution < -0.4 is 4.74 Å². The van der Waals surface area contributed by atoms with Gasteiger partial charge in [-0.2, -0.15) is 0 Å². The molecule has 0 amide bonds. The molecule has 4 rings (SSSR count). The number of ether oxygens (including phenoxy) is 1. The van der Waals surface area contributed by atoms with E-state index in [1.165, 1.54) is 6.42 Å². The van der Waals surface area contributed by atoms with E-state index in [1.54, 1.807) is 36.6 Å². The molecule has 2 aliphatic rings. The normalized spacial score (nSPS) is 22.2. The maximum Gasteiger partial charge on any atom is 0.232 e. The maximum atomic E-state index is 12.6. The van der Waals surface area contributed by atoms with Gasteiger partial charge in [-0.15, -0.1) is 0 Å². The van der Waals surface area contributed by atoms with E-state index in [-0.39, 0.29) is 17.3 Å². The summed E-state index contributed by atoms with van der Waals surface area (Å²) in [5.41, 5.74) is 1.18. The predicted octanol–water partition coefficient (Wildman–Crippen LogP) is 3.98. The Balaban J connectivity index is 1.67. The molecule has 0 aliphatic carbocycles. The first kappa shape index (κ1) is 16.0. The highest BCUT2D eigenvalue weighted by molar-refractivity contribution is 6.14. The van der Waals surface area contributed by atoms with Gasteiger partial charge in [-0.1, -0.05) is 6.42 Å². The third-order valence-electron chi connectivity index (χ3n) is 5.03. The molecule has 0 spiro atoms. The van der Waals surface area contributed by atoms with E-state index in [2.05, 4.69) is 11.8 Å². The van der Waals surface area contributed by atoms with Gasteiger partial charge in [0, 0.05) is 18.7 Å². The second-order valence-corrected chi connectivity index (χ2v) is 6.71. The van der Waals surface area contributed by atoms with E-state index in [9.17, 15) is 9.90 Å². The Morgan fingerprint density at radius 3 is 2.96 bits per heavy atom. The van der Waals surface area contributed by atoms with Crippen molar-refractivity contribution in [2.45, 2.75) is 38.8 Å². The summed E-state index contributed by atoms with van der Waals surface area (Å²) in [6.07, 6.45) is 6.69. The standard InChI is InChI=1S/C20H21NO4/c1-13-5-2-3-9-21(13)12-16-17(22)8-7-15-19(23)18(25-20(15)16)11-14-6-4-10-24-14/h4,6-8,10-11,13,22H,2-3,5,9,12H2,1H3/b18-11+/t13-/m1/s1. The highest BCUT2D eigenvalue weighted by Crippen LogP contribution is 2.40. The molecule has 0 bridgehead atoms. The van der Waals surface area contributed by atoms with Crippen LogP contribution in [0.3, 0.4) is 0 Å².